The maximum atomic E-state index is 12.9. The minimum absolute atomic E-state index is 0.309. The summed E-state index contributed by atoms with van der Waals surface area (Å²) in [4.78, 5) is 3.89. The minimum Gasteiger partial charge on any atom is -0.481 e. The topological polar surface area (TPSA) is 58.0 Å². The van der Waals surface area contributed by atoms with Gasteiger partial charge < -0.3 is 10.1 Å². The Kier molecular flexibility index (Phi) is 4.23. The number of nitrogens with one attached hydrogen (secondary N) is 2. The van der Waals surface area contributed by atoms with Crippen molar-refractivity contribution in [2.45, 2.75) is 0 Å². The number of hydrogen-bond acceptors (Lipinski definition) is 4. The molecule has 80 valence electrons. The van der Waals surface area contributed by atoms with Gasteiger partial charge in [-0.1, -0.05) is 0 Å². The first-order valence-corrected chi connectivity index (χ1v) is 4.79. The van der Waals surface area contributed by atoms with Gasteiger partial charge in [-0.15, -0.1) is 0 Å². The van der Waals surface area contributed by atoms with E-state index in [-0.39, 0.29) is 4.62 Å². The quantitative estimate of drug-likeness (QED) is 0.830. The van der Waals surface area contributed by atoms with Gasteiger partial charge >= 0.3 is 0 Å². The van der Waals surface area contributed by atoms with E-state index in [1.165, 1.54) is 13.3 Å². The standard InChI is InChI=1S/C9H9BrFN3O/c1-15-8-4-6(2-3-13-8)14-5-7(11)9(10)12/h2-5,12H,1H3,(H,13,14)/b7-5+,12-9?. The van der Waals surface area contributed by atoms with Gasteiger partial charge in [0.2, 0.25) is 5.88 Å². The minimum atomic E-state index is -0.689. The molecule has 15 heavy (non-hydrogen) atoms. The summed E-state index contributed by atoms with van der Waals surface area (Å²) in [6, 6.07) is 3.27. The van der Waals surface area contributed by atoms with Gasteiger partial charge in [0.25, 0.3) is 0 Å². The van der Waals surface area contributed by atoms with E-state index >= 15 is 0 Å². The molecule has 2 N–H and O–H groups in total. The fourth-order valence-corrected chi connectivity index (χ4v) is 0.935. The Morgan fingerprint density at radius 3 is 3.07 bits per heavy atom. The molecule has 0 spiro atoms. The summed E-state index contributed by atoms with van der Waals surface area (Å²) in [6.07, 6.45) is 2.61. The smallest absolute Gasteiger partial charge is 0.214 e. The molecule has 1 aromatic rings. The lowest BCUT2D eigenvalue weighted by Crippen LogP contribution is -1.94. The number of ether oxygens (including phenoxy) is 1. The number of pyridine rings is 1. The van der Waals surface area contributed by atoms with Crippen molar-refractivity contribution >= 4 is 26.2 Å². The fourth-order valence-electron chi connectivity index (χ4n) is 0.821. The number of anilines is 1. The Balaban J connectivity index is 2.73. The molecule has 6 heteroatoms. The van der Waals surface area contributed by atoms with Crippen molar-refractivity contribution in [1.82, 2.24) is 4.98 Å². The molecule has 0 aliphatic rings. The third-order valence-corrected chi connectivity index (χ3v) is 1.90. The van der Waals surface area contributed by atoms with E-state index in [1.54, 1.807) is 12.1 Å². The first kappa shape index (κ1) is 11.6. The lowest BCUT2D eigenvalue weighted by Gasteiger charge is -2.02. The van der Waals surface area contributed by atoms with Crippen LogP contribution in [0.4, 0.5) is 10.1 Å². The molecule has 0 aliphatic heterocycles. The molecule has 0 radical (unpaired) electrons. The summed E-state index contributed by atoms with van der Waals surface area (Å²) in [5.74, 6) is -0.256. The van der Waals surface area contributed by atoms with Crippen molar-refractivity contribution in [3.63, 3.8) is 0 Å². The highest BCUT2D eigenvalue weighted by Gasteiger charge is 1.99. The van der Waals surface area contributed by atoms with Crippen molar-refractivity contribution in [2.75, 3.05) is 12.4 Å². The second-order valence-electron chi connectivity index (χ2n) is 2.54. The number of methoxy groups -OCH3 is 1. The van der Waals surface area contributed by atoms with Crippen LogP contribution in [0, 0.1) is 5.41 Å². The van der Waals surface area contributed by atoms with E-state index in [0.29, 0.717) is 11.6 Å². The summed E-state index contributed by atoms with van der Waals surface area (Å²) in [7, 11) is 1.50. The molecule has 0 aliphatic carbocycles. The largest absolute Gasteiger partial charge is 0.481 e. The monoisotopic (exact) mass is 273 g/mol. The van der Waals surface area contributed by atoms with E-state index in [0.717, 1.165) is 6.20 Å². The highest BCUT2D eigenvalue weighted by molar-refractivity contribution is 9.18. The molecule has 0 aromatic carbocycles. The van der Waals surface area contributed by atoms with Crippen LogP contribution in [0.2, 0.25) is 0 Å². The predicted octanol–water partition coefficient (Wildman–Crippen LogP) is 2.69. The van der Waals surface area contributed by atoms with Gasteiger partial charge in [-0.2, -0.15) is 0 Å². The molecule has 1 heterocycles. The maximum absolute atomic E-state index is 12.9. The number of allylic oxidation sites excluding steroid dienone is 1. The number of aromatic nitrogens is 1. The van der Waals surface area contributed by atoms with Gasteiger partial charge in [-0.25, -0.2) is 9.37 Å². The van der Waals surface area contributed by atoms with Crippen molar-refractivity contribution in [3.8, 4) is 5.88 Å². The van der Waals surface area contributed by atoms with E-state index in [1.807, 2.05) is 0 Å². The van der Waals surface area contributed by atoms with Gasteiger partial charge in [0.05, 0.1) is 7.11 Å². The fraction of sp³-hybridized carbons (Fsp3) is 0.111. The lowest BCUT2D eigenvalue weighted by molar-refractivity contribution is 0.398. The number of halogens is 2. The highest BCUT2D eigenvalue weighted by atomic mass is 79.9. The second-order valence-corrected chi connectivity index (χ2v) is 3.33. The molecule has 4 nitrogen and oxygen atoms in total. The van der Waals surface area contributed by atoms with E-state index < -0.39 is 5.83 Å². The maximum Gasteiger partial charge on any atom is 0.214 e. The highest BCUT2D eigenvalue weighted by Crippen LogP contribution is 2.14. The van der Waals surface area contributed by atoms with Crippen LogP contribution in [0.3, 0.4) is 0 Å². The third kappa shape index (κ3) is 3.67. The lowest BCUT2D eigenvalue weighted by atomic mass is 10.4. The van der Waals surface area contributed by atoms with Crippen LogP contribution in [0.25, 0.3) is 0 Å². The zero-order valence-electron chi connectivity index (χ0n) is 7.92. The van der Waals surface area contributed by atoms with Crippen LogP contribution in [0.1, 0.15) is 0 Å². The summed E-state index contributed by atoms with van der Waals surface area (Å²) >= 11 is 2.70. The van der Waals surface area contributed by atoms with Crippen LogP contribution in [-0.4, -0.2) is 16.7 Å². The number of nitrogens with zero attached hydrogens (tertiary/aromatic N) is 1. The van der Waals surface area contributed by atoms with Crippen molar-refractivity contribution in [2.24, 2.45) is 0 Å². The van der Waals surface area contributed by atoms with E-state index in [2.05, 4.69) is 26.2 Å². The van der Waals surface area contributed by atoms with Crippen LogP contribution in [-0.2, 0) is 0 Å². The number of hydrogen-bond donors (Lipinski definition) is 2. The van der Waals surface area contributed by atoms with Gasteiger partial charge in [-0.3, -0.25) is 5.41 Å². The van der Waals surface area contributed by atoms with Crippen LogP contribution < -0.4 is 10.1 Å². The SMILES string of the molecule is COc1cc(N/C=C(/F)C(=N)Br)ccn1. The van der Waals surface area contributed by atoms with Crippen molar-refractivity contribution < 1.29 is 9.13 Å². The zero-order chi connectivity index (χ0) is 11.3. The molecule has 0 fully saturated rings. The summed E-state index contributed by atoms with van der Waals surface area (Å²) < 4.78 is 17.5. The van der Waals surface area contributed by atoms with Crippen molar-refractivity contribution in [1.29, 1.82) is 5.41 Å². The molecule has 0 unspecified atom stereocenters. The first-order valence-electron chi connectivity index (χ1n) is 4.00. The third-order valence-electron chi connectivity index (χ3n) is 1.52. The molecule has 0 saturated heterocycles. The normalized spacial score (nSPS) is 11.0. The summed E-state index contributed by atoms with van der Waals surface area (Å²) in [5.41, 5.74) is 0.630. The van der Waals surface area contributed by atoms with Gasteiger partial charge in [-0.05, 0) is 22.0 Å². The van der Waals surface area contributed by atoms with Crippen LogP contribution in [0.15, 0.2) is 30.4 Å². The molecular formula is C9H9BrFN3O. The zero-order valence-corrected chi connectivity index (χ0v) is 9.51. The summed E-state index contributed by atoms with van der Waals surface area (Å²) in [5, 5.41) is 9.61. The Labute approximate surface area is 94.8 Å². The first-order chi connectivity index (χ1) is 7.13. The van der Waals surface area contributed by atoms with Crippen molar-refractivity contribution in [3.05, 3.63) is 30.4 Å². The number of rotatable bonds is 4. The van der Waals surface area contributed by atoms with E-state index in [4.69, 9.17) is 10.1 Å². The Morgan fingerprint density at radius 2 is 2.47 bits per heavy atom. The predicted molar refractivity (Wildman–Crippen MR) is 60.3 cm³/mol. The molecule has 1 rings (SSSR count). The molecule has 0 atom stereocenters. The van der Waals surface area contributed by atoms with Gasteiger partial charge in [0, 0.05) is 24.2 Å². The van der Waals surface area contributed by atoms with Gasteiger partial charge in [0.1, 0.15) is 4.62 Å². The molecule has 0 saturated carbocycles. The van der Waals surface area contributed by atoms with Crippen LogP contribution in [0.5, 0.6) is 5.88 Å². The average Bonchev–Trinajstić information content (AvgIpc) is 2.26. The molecule has 0 bridgehead atoms. The van der Waals surface area contributed by atoms with Crippen LogP contribution >= 0.6 is 15.9 Å². The molecule has 0 amide bonds. The Bertz CT molecular complexity index is 395. The summed E-state index contributed by atoms with van der Waals surface area (Å²) in [6.45, 7) is 0. The molecular weight excluding hydrogens is 265 g/mol. The van der Waals surface area contributed by atoms with E-state index in [9.17, 15) is 4.39 Å². The second kappa shape index (κ2) is 5.45. The Hall–Kier alpha value is -1.43. The Morgan fingerprint density at radius 1 is 1.73 bits per heavy atom. The molecule has 1 aromatic heterocycles. The van der Waals surface area contributed by atoms with Gasteiger partial charge in [0.15, 0.2) is 5.83 Å². The average molecular weight is 274 g/mol.